The van der Waals surface area contributed by atoms with Crippen molar-refractivity contribution >= 4 is 13.5 Å². The lowest BCUT2D eigenvalue weighted by molar-refractivity contribution is 0.480. The van der Waals surface area contributed by atoms with Crippen molar-refractivity contribution in [3.05, 3.63) is 0 Å². The molecule has 0 atom stereocenters. The third-order valence-electron chi connectivity index (χ3n) is 2.63. The molecule has 8 heavy (non-hydrogen) atoms. The number of fused-ring (bicyclic) bond motifs is 2. The Kier molecular flexibility index (Phi) is 1.86. The molecular formula is C7H14S. The van der Waals surface area contributed by atoms with Gasteiger partial charge in [-0.05, 0) is 18.3 Å². The fourth-order valence-electron chi connectivity index (χ4n) is 2.17. The van der Waals surface area contributed by atoms with Crippen LogP contribution in [0.4, 0.5) is 0 Å². The molecule has 2 aliphatic rings. The quantitative estimate of drug-likeness (QED) is 0.472. The molecule has 48 valence electrons. The summed E-state index contributed by atoms with van der Waals surface area (Å²) >= 11 is 0. The fraction of sp³-hybridized carbons (Fsp3) is 1.00. The highest BCUT2D eigenvalue weighted by atomic mass is 32.1. The van der Waals surface area contributed by atoms with E-state index in [2.05, 4.69) is 0 Å². The van der Waals surface area contributed by atoms with Crippen molar-refractivity contribution in [2.75, 3.05) is 0 Å². The largest absolute Gasteiger partial charge is 0.197 e. The van der Waals surface area contributed by atoms with Gasteiger partial charge in [0.05, 0.1) is 0 Å². The second-order valence-corrected chi connectivity index (χ2v) is 3.12. The molecule has 2 saturated carbocycles. The molecule has 0 saturated heterocycles. The van der Waals surface area contributed by atoms with Crippen LogP contribution in [-0.4, -0.2) is 0 Å². The SMILES string of the molecule is C1CC2CCC1C2.S. The van der Waals surface area contributed by atoms with Crippen molar-refractivity contribution in [2.45, 2.75) is 32.1 Å². The topological polar surface area (TPSA) is 0 Å². The number of hydrogen-bond acceptors (Lipinski definition) is 0. The van der Waals surface area contributed by atoms with E-state index in [0.717, 1.165) is 0 Å². The molecule has 2 bridgehead atoms. The normalized spacial score (nSPS) is 42.0. The zero-order valence-corrected chi connectivity index (χ0v) is 6.19. The van der Waals surface area contributed by atoms with Crippen LogP contribution in [0.25, 0.3) is 0 Å². The van der Waals surface area contributed by atoms with Gasteiger partial charge in [-0.1, -0.05) is 25.7 Å². The van der Waals surface area contributed by atoms with Crippen LogP contribution in [0.2, 0.25) is 0 Å². The van der Waals surface area contributed by atoms with Gasteiger partial charge in [-0.2, -0.15) is 13.5 Å². The van der Waals surface area contributed by atoms with Crippen LogP contribution in [0.15, 0.2) is 0 Å². The van der Waals surface area contributed by atoms with Gasteiger partial charge in [0.25, 0.3) is 0 Å². The Bertz CT molecular complexity index is 62.5. The van der Waals surface area contributed by atoms with E-state index in [1.165, 1.54) is 11.8 Å². The second-order valence-electron chi connectivity index (χ2n) is 3.12. The van der Waals surface area contributed by atoms with E-state index >= 15 is 0 Å². The van der Waals surface area contributed by atoms with Crippen molar-refractivity contribution in [3.8, 4) is 0 Å². The summed E-state index contributed by atoms with van der Waals surface area (Å²) in [6.07, 6.45) is 7.82. The lowest BCUT2D eigenvalue weighted by atomic mass is 10.0. The first kappa shape index (κ1) is 6.47. The monoisotopic (exact) mass is 130 g/mol. The van der Waals surface area contributed by atoms with E-state index in [1.807, 2.05) is 0 Å². The maximum absolute atomic E-state index is 1.58. The summed E-state index contributed by atoms with van der Waals surface area (Å²) in [5.41, 5.74) is 0. The van der Waals surface area contributed by atoms with Gasteiger partial charge in [-0.25, -0.2) is 0 Å². The Morgan fingerprint density at radius 3 is 1.25 bits per heavy atom. The predicted molar refractivity (Wildman–Crippen MR) is 40.4 cm³/mol. The summed E-state index contributed by atoms with van der Waals surface area (Å²) in [5.74, 6) is 2.34. The van der Waals surface area contributed by atoms with Crippen LogP contribution in [0.3, 0.4) is 0 Å². The van der Waals surface area contributed by atoms with Gasteiger partial charge >= 0.3 is 0 Å². The van der Waals surface area contributed by atoms with Crippen molar-refractivity contribution in [1.82, 2.24) is 0 Å². The van der Waals surface area contributed by atoms with E-state index in [1.54, 1.807) is 32.1 Å². The van der Waals surface area contributed by atoms with E-state index < -0.39 is 0 Å². The summed E-state index contributed by atoms with van der Waals surface area (Å²) in [6.45, 7) is 0. The van der Waals surface area contributed by atoms with E-state index in [9.17, 15) is 0 Å². The minimum absolute atomic E-state index is 0. The lowest BCUT2D eigenvalue weighted by Gasteiger charge is -2.05. The van der Waals surface area contributed by atoms with Gasteiger partial charge in [-0.3, -0.25) is 0 Å². The van der Waals surface area contributed by atoms with Crippen LogP contribution in [0.1, 0.15) is 32.1 Å². The summed E-state index contributed by atoms with van der Waals surface area (Å²) in [4.78, 5) is 0. The molecule has 0 aromatic heterocycles. The van der Waals surface area contributed by atoms with Crippen LogP contribution >= 0.6 is 13.5 Å². The zero-order chi connectivity index (χ0) is 4.69. The molecule has 1 heteroatoms. The molecular weight excluding hydrogens is 116 g/mol. The molecule has 0 N–H and O–H groups in total. The van der Waals surface area contributed by atoms with Crippen LogP contribution in [0, 0.1) is 11.8 Å². The van der Waals surface area contributed by atoms with E-state index in [-0.39, 0.29) is 13.5 Å². The molecule has 0 amide bonds. The summed E-state index contributed by atoms with van der Waals surface area (Å²) in [5, 5.41) is 0. The Balaban J connectivity index is 0.000000320. The van der Waals surface area contributed by atoms with Gasteiger partial charge < -0.3 is 0 Å². The highest BCUT2D eigenvalue weighted by molar-refractivity contribution is 7.59. The molecule has 0 aliphatic heterocycles. The van der Waals surface area contributed by atoms with E-state index in [4.69, 9.17) is 0 Å². The van der Waals surface area contributed by atoms with Gasteiger partial charge in [0.1, 0.15) is 0 Å². The van der Waals surface area contributed by atoms with Gasteiger partial charge in [0.2, 0.25) is 0 Å². The fourth-order valence-corrected chi connectivity index (χ4v) is 2.17. The van der Waals surface area contributed by atoms with Crippen LogP contribution in [-0.2, 0) is 0 Å². The standard InChI is InChI=1S/C7H12.H2S/c1-2-7-4-3-6(1)5-7;/h6-7H,1-5H2;1H2. The van der Waals surface area contributed by atoms with Crippen molar-refractivity contribution in [2.24, 2.45) is 11.8 Å². The molecule has 2 rings (SSSR count). The van der Waals surface area contributed by atoms with Gasteiger partial charge in [-0.15, -0.1) is 0 Å². The van der Waals surface area contributed by atoms with Crippen molar-refractivity contribution < 1.29 is 0 Å². The van der Waals surface area contributed by atoms with Crippen LogP contribution < -0.4 is 0 Å². The Morgan fingerprint density at radius 2 is 1.12 bits per heavy atom. The minimum atomic E-state index is 0. The highest BCUT2D eigenvalue weighted by Gasteiger charge is 2.30. The lowest BCUT2D eigenvalue weighted by Crippen LogP contribution is -1.90. The molecule has 0 aromatic carbocycles. The third kappa shape index (κ3) is 0.883. The smallest absolute Gasteiger partial charge is 0.0411 e. The first-order valence-corrected chi connectivity index (χ1v) is 3.45. The first-order chi connectivity index (χ1) is 3.45. The second kappa shape index (κ2) is 2.30. The Morgan fingerprint density at radius 1 is 0.750 bits per heavy atom. The number of hydrogen-bond donors (Lipinski definition) is 0. The molecule has 0 aromatic rings. The Hall–Kier alpha value is 0.350. The summed E-state index contributed by atoms with van der Waals surface area (Å²) < 4.78 is 0. The van der Waals surface area contributed by atoms with E-state index in [0.29, 0.717) is 0 Å². The molecule has 2 fully saturated rings. The summed E-state index contributed by atoms with van der Waals surface area (Å²) in [7, 11) is 0. The zero-order valence-electron chi connectivity index (χ0n) is 5.19. The summed E-state index contributed by atoms with van der Waals surface area (Å²) in [6, 6.07) is 0. The van der Waals surface area contributed by atoms with Crippen LogP contribution in [0.5, 0.6) is 0 Å². The highest BCUT2D eigenvalue weighted by Crippen LogP contribution is 2.43. The maximum atomic E-state index is 1.58. The predicted octanol–water partition coefficient (Wildman–Crippen LogP) is 2.31. The molecule has 0 unspecified atom stereocenters. The number of rotatable bonds is 0. The molecule has 0 nitrogen and oxygen atoms in total. The Labute approximate surface area is 58.1 Å². The van der Waals surface area contributed by atoms with Crippen molar-refractivity contribution in [1.29, 1.82) is 0 Å². The molecule has 2 aliphatic carbocycles. The average Bonchev–Trinajstić information content (AvgIpc) is 2.22. The van der Waals surface area contributed by atoms with Gasteiger partial charge in [0, 0.05) is 0 Å². The van der Waals surface area contributed by atoms with Crippen molar-refractivity contribution in [3.63, 3.8) is 0 Å². The molecule has 0 spiro atoms. The average molecular weight is 130 g/mol. The first-order valence-electron chi connectivity index (χ1n) is 3.45. The molecule has 0 heterocycles. The molecule has 0 radical (unpaired) electrons. The van der Waals surface area contributed by atoms with Gasteiger partial charge in [0.15, 0.2) is 0 Å². The third-order valence-corrected chi connectivity index (χ3v) is 2.63. The minimum Gasteiger partial charge on any atom is -0.197 e. The maximum Gasteiger partial charge on any atom is -0.0411 e.